The molecule has 0 spiro atoms. The SMILES string of the molecule is O=C(CCOCC(F)(F)F)Cc1ccc(Cl)cc1Cl. The molecular formula is C12H11Cl2F3O2. The van der Waals surface area contributed by atoms with Crippen molar-refractivity contribution in [3.63, 3.8) is 0 Å². The first-order valence-corrected chi connectivity index (χ1v) is 6.13. The lowest BCUT2D eigenvalue weighted by atomic mass is 10.1. The highest BCUT2D eigenvalue weighted by Crippen LogP contribution is 2.21. The molecule has 0 aliphatic carbocycles. The average Bonchev–Trinajstić information content (AvgIpc) is 2.27. The van der Waals surface area contributed by atoms with Crippen LogP contribution in [0.25, 0.3) is 0 Å². The maximum atomic E-state index is 11.8. The maximum Gasteiger partial charge on any atom is 0.411 e. The van der Waals surface area contributed by atoms with E-state index in [0.29, 0.717) is 15.6 Å². The number of carbonyl (C=O) groups is 1. The van der Waals surface area contributed by atoms with Gasteiger partial charge in [-0.3, -0.25) is 4.79 Å². The van der Waals surface area contributed by atoms with Gasteiger partial charge in [0.15, 0.2) is 0 Å². The number of ketones is 1. The number of benzene rings is 1. The summed E-state index contributed by atoms with van der Waals surface area (Å²) < 4.78 is 39.7. The molecule has 0 aromatic heterocycles. The highest BCUT2D eigenvalue weighted by atomic mass is 35.5. The molecule has 0 amide bonds. The van der Waals surface area contributed by atoms with Crippen molar-refractivity contribution in [2.24, 2.45) is 0 Å². The summed E-state index contributed by atoms with van der Waals surface area (Å²) in [4.78, 5) is 11.5. The summed E-state index contributed by atoms with van der Waals surface area (Å²) in [6, 6.07) is 4.71. The van der Waals surface area contributed by atoms with Crippen molar-refractivity contribution in [1.82, 2.24) is 0 Å². The lowest BCUT2D eigenvalue weighted by molar-refractivity contribution is -0.174. The second-order valence-electron chi connectivity index (χ2n) is 3.87. The second kappa shape index (κ2) is 7.12. The normalized spacial score (nSPS) is 11.6. The Hall–Kier alpha value is -0.780. The van der Waals surface area contributed by atoms with Crippen LogP contribution in [-0.4, -0.2) is 25.2 Å². The van der Waals surface area contributed by atoms with Gasteiger partial charge >= 0.3 is 6.18 Å². The minimum absolute atomic E-state index is 0.0470. The zero-order chi connectivity index (χ0) is 14.5. The van der Waals surface area contributed by atoms with Crippen LogP contribution in [0.15, 0.2) is 18.2 Å². The minimum Gasteiger partial charge on any atom is -0.372 e. The molecule has 19 heavy (non-hydrogen) atoms. The van der Waals surface area contributed by atoms with Crippen LogP contribution in [0, 0.1) is 0 Å². The molecule has 7 heteroatoms. The van der Waals surface area contributed by atoms with Gasteiger partial charge in [-0.1, -0.05) is 29.3 Å². The quantitative estimate of drug-likeness (QED) is 0.740. The van der Waals surface area contributed by atoms with E-state index < -0.39 is 12.8 Å². The number of hydrogen-bond acceptors (Lipinski definition) is 2. The first-order chi connectivity index (χ1) is 8.78. The Balaban J connectivity index is 2.35. The molecule has 1 aromatic carbocycles. The summed E-state index contributed by atoms with van der Waals surface area (Å²) in [6.07, 6.45) is -4.41. The van der Waals surface area contributed by atoms with Gasteiger partial charge in [-0.2, -0.15) is 13.2 Å². The van der Waals surface area contributed by atoms with E-state index in [2.05, 4.69) is 4.74 Å². The summed E-state index contributed by atoms with van der Waals surface area (Å²) in [5, 5.41) is 0.812. The largest absolute Gasteiger partial charge is 0.411 e. The Bertz CT molecular complexity index is 447. The third-order valence-corrected chi connectivity index (χ3v) is 2.78. The fraction of sp³-hybridized carbons (Fsp3) is 0.417. The molecule has 2 nitrogen and oxygen atoms in total. The molecule has 0 atom stereocenters. The summed E-state index contributed by atoms with van der Waals surface area (Å²) in [5.41, 5.74) is 0.590. The molecule has 0 fully saturated rings. The minimum atomic E-state index is -4.37. The van der Waals surface area contributed by atoms with Crippen LogP contribution in [0.4, 0.5) is 13.2 Å². The molecular weight excluding hydrogens is 304 g/mol. The molecule has 0 radical (unpaired) electrons. The maximum absolute atomic E-state index is 11.8. The van der Waals surface area contributed by atoms with Gasteiger partial charge in [0, 0.05) is 22.9 Å². The van der Waals surface area contributed by atoms with Gasteiger partial charge < -0.3 is 4.74 Å². The van der Waals surface area contributed by atoms with Gasteiger partial charge in [-0.15, -0.1) is 0 Å². The lowest BCUT2D eigenvalue weighted by Gasteiger charge is -2.07. The van der Waals surface area contributed by atoms with E-state index in [1.807, 2.05) is 0 Å². The third kappa shape index (κ3) is 6.80. The fourth-order valence-electron chi connectivity index (χ4n) is 1.34. The Morgan fingerprint density at radius 1 is 1.26 bits per heavy atom. The Labute approximate surface area is 118 Å². The van der Waals surface area contributed by atoms with E-state index in [4.69, 9.17) is 23.2 Å². The van der Waals surface area contributed by atoms with Gasteiger partial charge in [-0.05, 0) is 17.7 Å². The van der Waals surface area contributed by atoms with Crippen LogP contribution >= 0.6 is 23.2 Å². The molecule has 0 aliphatic heterocycles. The van der Waals surface area contributed by atoms with Crippen molar-refractivity contribution in [3.05, 3.63) is 33.8 Å². The van der Waals surface area contributed by atoms with E-state index in [1.54, 1.807) is 12.1 Å². The summed E-state index contributed by atoms with van der Waals surface area (Å²) >= 11 is 11.6. The van der Waals surface area contributed by atoms with Crippen LogP contribution in [-0.2, 0) is 16.0 Å². The van der Waals surface area contributed by atoms with Gasteiger partial charge in [0.2, 0.25) is 0 Å². The highest BCUT2D eigenvalue weighted by molar-refractivity contribution is 6.35. The van der Waals surface area contributed by atoms with Crippen LogP contribution in [0.1, 0.15) is 12.0 Å². The van der Waals surface area contributed by atoms with Crippen molar-refractivity contribution < 1.29 is 22.7 Å². The fourth-order valence-corrected chi connectivity index (χ4v) is 1.82. The Kier molecular flexibility index (Phi) is 6.10. The van der Waals surface area contributed by atoms with Crippen molar-refractivity contribution in [2.75, 3.05) is 13.2 Å². The zero-order valence-corrected chi connectivity index (χ0v) is 11.3. The predicted molar refractivity (Wildman–Crippen MR) is 66.7 cm³/mol. The highest BCUT2D eigenvalue weighted by Gasteiger charge is 2.27. The molecule has 0 heterocycles. The topological polar surface area (TPSA) is 26.3 Å². The molecule has 0 aliphatic rings. The first-order valence-electron chi connectivity index (χ1n) is 5.38. The number of ether oxygens (including phenoxy) is 1. The average molecular weight is 315 g/mol. The van der Waals surface area contributed by atoms with E-state index >= 15 is 0 Å². The van der Waals surface area contributed by atoms with Gasteiger partial charge in [-0.25, -0.2) is 0 Å². The van der Waals surface area contributed by atoms with Crippen LogP contribution in [0.5, 0.6) is 0 Å². The molecule has 0 saturated heterocycles. The van der Waals surface area contributed by atoms with Crippen molar-refractivity contribution in [2.45, 2.75) is 19.0 Å². The molecule has 106 valence electrons. The van der Waals surface area contributed by atoms with Crippen molar-refractivity contribution >= 4 is 29.0 Å². The van der Waals surface area contributed by atoms with E-state index in [9.17, 15) is 18.0 Å². The third-order valence-electron chi connectivity index (χ3n) is 2.19. The zero-order valence-electron chi connectivity index (χ0n) is 9.77. The molecule has 0 unspecified atom stereocenters. The molecule has 1 rings (SSSR count). The number of carbonyl (C=O) groups excluding carboxylic acids is 1. The number of hydrogen-bond donors (Lipinski definition) is 0. The second-order valence-corrected chi connectivity index (χ2v) is 4.71. The number of rotatable bonds is 6. The first kappa shape index (κ1) is 16.3. The number of alkyl halides is 3. The van der Waals surface area contributed by atoms with Crippen LogP contribution < -0.4 is 0 Å². The molecule has 0 saturated carbocycles. The van der Waals surface area contributed by atoms with Gasteiger partial charge in [0.1, 0.15) is 12.4 Å². The predicted octanol–water partition coefficient (Wildman–Crippen LogP) is 4.07. The van der Waals surface area contributed by atoms with E-state index in [-0.39, 0.29) is 25.2 Å². The van der Waals surface area contributed by atoms with Crippen LogP contribution in [0.3, 0.4) is 0 Å². The summed E-state index contributed by atoms with van der Waals surface area (Å²) in [6.45, 7) is -1.61. The summed E-state index contributed by atoms with van der Waals surface area (Å²) in [7, 11) is 0. The van der Waals surface area contributed by atoms with Crippen molar-refractivity contribution in [1.29, 1.82) is 0 Å². The smallest absolute Gasteiger partial charge is 0.372 e. The van der Waals surface area contributed by atoms with Crippen molar-refractivity contribution in [3.8, 4) is 0 Å². The molecule has 0 N–H and O–H groups in total. The van der Waals surface area contributed by atoms with E-state index in [0.717, 1.165) is 0 Å². The van der Waals surface area contributed by atoms with Crippen LogP contribution in [0.2, 0.25) is 10.0 Å². The number of halogens is 5. The van der Waals surface area contributed by atoms with E-state index in [1.165, 1.54) is 6.07 Å². The monoisotopic (exact) mass is 314 g/mol. The molecule has 0 bridgehead atoms. The van der Waals surface area contributed by atoms with Gasteiger partial charge in [0.05, 0.1) is 6.61 Å². The van der Waals surface area contributed by atoms with Gasteiger partial charge in [0.25, 0.3) is 0 Å². The lowest BCUT2D eigenvalue weighted by Crippen LogP contribution is -2.18. The number of Topliss-reactive ketones (excluding diaryl/α,β-unsaturated/α-hetero) is 1. The Morgan fingerprint density at radius 3 is 2.53 bits per heavy atom. The standard InChI is InChI=1S/C12H11Cl2F3O2/c13-9-2-1-8(11(14)6-9)5-10(18)3-4-19-7-12(15,16)17/h1-2,6H,3-5,7H2. The molecule has 1 aromatic rings. The summed E-state index contributed by atoms with van der Waals surface area (Å²) in [5.74, 6) is -0.244. The Morgan fingerprint density at radius 2 is 1.95 bits per heavy atom.